The van der Waals surface area contributed by atoms with E-state index in [9.17, 15) is 18.0 Å². The maximum Gasteiger partial charge on any atom is 0.416 e. The zero-order valence-electron chi connectivity index (χ0n) is 13.4. The van der Waals surface area contributed by atoms with Gasteiger partial charge in [0, 0.05) is 12.1 Å². The van der Waals surface area contributed by atoms with E-state index in [4.69, 9.17) is 0 Å². The summed E-state index contributed by atoms with van der Waals surface area (Å²) in [5.74, 6) is -0.430. The largest absolute Gasteiger partial charge is 0.416 e. The van der Waals surface area contributed by atoms with Crippen molar-refractivity contribution in [1.82, 2.24) is 20.2 Å². The van der Waals surface area contributed by atoms with Gasteiger partial charge in [0.25, 0.3) is 0 Å². The van der Waals surface area contributed by atoms with Crippen LogP contribution in [0.5, 0.6) is 0 Å². The monoisotopic (exact) mass is 361 g/mol. The second-order valence-electron chi connectivity index (χ2n) is 5.56. The molecule has 0 saturated carbocycles. The van der Waals surface area contributed by atoms with Gasteiger partial charge in [-0.2, -0.15) is 13.2 Å². The number of nitrogens with zero attached hydrogens (tertiary/aromatic N) is 4. The van der Waals surface area contributed by atoms with E-state index in [1.54, 1.807) is 0 Å². The Labute approximate surface area is 146 Å². The Hall–Kier alpha value is -3.23. The van der Waals surface area contributed by atoms with E-state index in [2.05, 4.69) is 20.8 Å². The first-order valence-electron chi connectivity index (χ1n) is 7.68. The lowest BCUT2D eigenvalue weighted by Gasteiger charge is -2.17. The number of aromatic nitrogens is 4. The molecule has 0 aliphatic heterocycles. The Morgan fingerprint density at radius 1 is 1.08 bits per heavy atom. The number of amides is 1. The van der Waals surface area contributed by atoms with Gasteiger partial charge in [-0.05, 0) is 40.3 Å². The van der Waals surface area contributed by atoms with E-state index in [0.29, 0.717) is 6.42 Å². The lowest BCUT2D eigenvalue weighted by molar-refractivity contribution is -0.137. The lowest BCUT2D eigenvalue weighted by Crippen LogP contribution is -2.28. The highest BCUT2D eigenvalue weighted by atomic mass is 19.4. The molecule has 0 unspecified atom stereocenters. The van der Waals surface area contributed by atoms with Crippen LogP contribution in [0, 0.1) is 0 Å². The van der Waals surface area contributed by atoms with Crippen molar-refractivity contribution in [1.29, 1.82) is 0 Å². The predicted molar refractivity (Wildman–Crippen MR) is 87.1 cm³/mol. The van der Waals surface area contributed by atoms with Gasteiger partial charge < -0.3 is 5.32 Å². The van der Waals surface area contributed by atoms with Crippen LogP contribution in [0.15, 0.2) is 60.9 Å². The summed E-state index contributed by atoms with van der Waals surface area (Å²) in [4.78, 5) is 12.6. The Kier molecular flexibility index (Phi) is 4.97. The van der Waals surface area contributed by atoms with Crippen molar-refractivity contribution >= 4 is 11.6 Å². The minimum Gasteiger partial charge on any atom is -0.324 e. The fourth-order valence-corrected chi connectivity index (χ4v) is 2.42. The van der Waals surface area contributed by atoms with E-state index in [1.165, 1.54) is 23.1 Å². The van der Waals surface area contributed by atoms with Crippen LogP contribution in [0.2, 0.25) is 0 Å². The smallest absolute Gasteiger partial charge is 0.324 e. The molecule has 1 atom stereocenters. The molecular weight excluding hydrogens is 347 g/mol. The van der Waals surface area contributed by atoms with Crippen LogP contribution in [0.4, 0.5) is 18.9 Å². The zero-order chi connectivity index (χ0) is 18.6. The average molecular weight is 361 g/mol. The lowest BCUT2D eigenvalue weighted by atomic mass is 10.1. The molecule has 2 aromatic carbocycles. The summed E-state index contributed by atoms with van der Waals surface area (Å²) < 4.78 is 39.2. The van der Waals surface area contributed by atoms with Crippen LogP contribution in [0.25, 0.3) is 0 Å². The molecule has 0 spiro atoms. The third-order valence-corrected chi connectivity index (χ3v) is 3.74. The SMILES string of the molecule is O=C(Nc1ccc(C(F)(F)F)cc1)[C@H](Cc1ccccc1)n1cnnn1. The molecule has 3 aromatic rings. The topological polar surface area (TPSA) is 72.7 Å². The van der Waals surface area contributed by atoms with Crippen LogP contribution in [-0.4, -0.2) is 26.1 Å². The number of carbonyl (C=O) groups excluding carboxylic acids is 1. The number of rotatable bonds is 5. The summed E-state index contributed by atoms with van der Waals surface area (Å²) in [5.41, 5.74) is 0.376. The number of nitrogens with one attached hydrogen (secondary N) is 1. The number of hydrogen-bond donors (Lipinski definition) is 1. The van der Waals surface area contributed by atoms with Gasteiger partial charge in [0.2, 0.25) is 5.91 Å². The van der Waals surface area contributed by atoms with E-state index in [0.717, 1.165) is 17.7 Å². The molecule has 1 N–H and O–H groups in total. The third-order valence-electron chi connectivity index (χ3n) is 3.74. The molecule has 0 aliphatic carbocycles. The van der Waals surface area contributed by atoms with E-state index < -0.39 is 23.7 Å². The molecular formula is C17H14F3N5O. The van der Waals surface area contributed by atoms with Crippen molar-refractivity contribution in [3.05, 3.63) is 72.1 Å². The van der Waals surface area contributed by atoms with Gasteiger partial charge in [-0.3, -0.25) is 4.79 Å². The van der Waals surface area contributed by atoms with Gasteiger partial charge in [0.1, 0.15) is 12.4 Å². The first kappa shape index (κ1) is 17.6. The summed E-state index contributed by atoms with van der Waals surface area (Å²) in [7, 11) is 0. The second-order valence-corrected chi connectivity index (χ2v) is 5.56. The van der Waals surface area contributed by atoms with Gasteiger partial charge >= 0.3 is 6.18 Å². The molecule has 0 radical (unpaired) electrons. The molecule has 9 heteroatoms. The van der Waals surface area contributed by atoms with Crippen LogP contribution in [-0.2, 0) is 17.4 Å². The number of halogens is 3. The summed E-state index contributed by atoms with van der Waals surface area (Å²) in [6.07, 6.45) is -2.77. The van der Waals surface area contributed by atoms with Gasteiger partial charge in [-0.15, -0.1) is 5.10 Å². The molecule has 134 valence electrons. The number of hydrogen-bond acceptors (Lipinski definition) is 4. The van der Waals surface area contributed by atoms with E-state index in [1.807, 2.05) is 30.3 Å². The highest BCUT2D eigenvalue weighted by Crippen LogP contribution is 2.30. The van der Waals surface area contributed by atoms with E-state index >= 15 is 0 Å². The molecule has 1 heterocycles. The maximum absolute atomic E-state index is 12.6. The molecule has 1 aromatic heterocycles. The van der Waals surface area contributed by atoms with Crippen molar-refractivity contribution in [3.8, 4) is 0 Å². The van der Waals surface area contributed by atoms with Crippen LogP contribution < -0.4 is 5.32 Å². The summed E-state index contributed by atoms with van der Waals surface area (Å²) in [6.45, 7) is 0. The molecule has 0 aliphatic rings. The van der Waals surface area contributed by atoms with Crippen LogP contribution in [0.3, 0.4) is 0 Å². The normalized spacial score (nSPS) is 12.6. The Balaban J connectivity index is 1.77. The van der Waals surface area contributed by atoms with Crippen molar-refractivity contribution in [2.75, 3.05) is 5.32 Å². The highest BCUT2D eigenvalue weighted by molar-refractivity contribution is 5.93. The Morgan fingerprint density at radius 3 is 2.35 bits per heavy atom. The van der Waals surface area contributed by atoms with Crippen molar-refractivity contribution in [2.24, 2.45) is 0 Å². The van der Waals surface area contributed by atoms with Crippen molar-refractivity contribution < 1.29 is 18.0 Å². The van der Waals surface area contributed by atoms with Gasteiger partial charge in [0.15, 0.2) is 0 Å². The molecule has 1 amide bonds. The maximum atomic E-state index is 12.6. The quantitative estimate of drug-likeness (QED) is 0.758. The fraction of sp³-hybridized carbons (Fsp3) is 0.176. The summed E-state index contributed by atoms with van der Waals surface area (Å²) in [5, 5.41) is 13.5. The molecule has 26 heavy (non-hydrogen) atoms. The van der Waals surface area contributed by atoms with Gasteiger partial charge in [0.05, 0.1) is 5.56 Å². The van der Waals surface area contributed by atoms with Gasteiger partial charge in [-0.1, -0.05) is 30.3 Å². The number of benzene rings is 2. The predicted octanol–water partition coefficient (Wildman–Crippen LogP) is 3.11. The first-order chi connectivity index (χ1) is 12.4. The highest BCUT2D eigenvalue weighted by Gasteiger charge is 2.30. The minimum absolute atomic E-state index is 0.258. The third kappa shape index (κ3) is 4.24. The van der Waals surface area contributed by atoms with E-state index in [-0.39, 0.29) is 5.69 Å². The second kappa shape index (κ2) is 7.34. The number of carbonyl (C=O) groups is 1. The van der Waals surface area contributed by atoms with Gasteiger partial charge in [-0.25, -0.2) is 4.68 Å². The van der Waals surface area contributed by atoms with Crippen LogP contribution >= 0.6 is 0 Å². The Morgan fingerprint density at radius 2 is 1.77 bits per heavy atom. The first-order valence-corrected chi connectivity index (χ1v) is 7.68. The van der Waals surface area contributed by atoms with Crippen LogP contribution in [0.1, 0.15) is 17.2 Å². The number of anilines is 1. The standard InChI is InChI=1S/C17H14F3N5O/c18-17(19,20)13-6-8-14(9-7-13)22-16(26)15(25-11-21-23-24-25)10-12-4-2-1-3-5-12/h1-9,11,15H,10H2,(H,22,26)/t15-/m0/s1. The Bertz CT molecular complexity index is 848. The zero-order valence-corrected chi connectivity index (χ0v) is 13.4. The molecule has 0 saturated heterocycles. The number of alkyl halides is 3. The number of tetrazole rings is 1. The molecule has 0 bridgehead atoms. The molecule has 0 fully saturated rings. The van der Waals surface area contributed by atoms with Crippen molar-refractivity contribution in [2.45, 2.75) is 18.6 Å². The minimum atomic E-state index is -4.43. The molecule has 6 nitrogen and oxygen atoms in total. The molecule has 3 rings (SSSR count). The summed E-state index contributed by atoms with van der Waals surface area (Å²) >= 11 is 0. The average Bonchev–Trinajstić information content (AvgIpc) is 3.14. The summed E-state index contributed by atoms with van der Waals surface area (Å²) in [6, 6.07) is 12.8. The fourth-order valence-electron chi connectivity index (χ4n) is 2.42. The van der Waals surface area contributed by atoms with Crippen molar-refractivity contribution in [3.63, 3.8) is 0 Å².